The lowest BCUT2D eigenvalue weighted by molar-refractivity contribution is 0.0958. The van der Waals surface area contributed by atoms with Gasteiger partial charge in [-0.05, 0) is 56.6 Å². The Morgan fingerprint density at radius 3 is 2.67 bits per heavy atom. The first-order valence-electron chi connectivity index (χ1n) is 6.68. The highest BCUT2D eigenvalue weighted by atomic mass is 19.1. The molecule has 1 aromatic carbocycles. The molecule has 18 heavy (non-hydrogen) atoms. The van der Waals surface area contributed by atoms with Gasteiger partial charge in [0.15, 0.2) is 5.78 Å². The summed E-state index contributed by atoms with van der Waals surface area (Å²) in [5.74, 6) is -0.133. The molecule has 0 atom stereocenters. The van der Waals surface area contributed by atoms with Gasteiger partial charge in [0.05, 0.1) is 0 Å². The molecule has 1 aliphatic heterocycles. The van der Waals surface area contributed by atoms with Gasteiger partial charge in [-0.3, -0.25) is 4.79 Å². The van der Waals surface area contributed by atoms with Crippen molar-refractivity contribution < 1.29 is 9.18 Å². The van der Waals surface area contributed by atoms with Crippen LogP contribution in [0.2, 0.25) is 0 Å². The number of benzene rings is 1. The van der Waals surface area contributed by atoms with E-state index in [2.05, 4.69) is 4.90 Å². The molecule has 98 valence electrons. The molecule has 1 saturated heterocycles. The predicted molar refractivity (Wildman–Crippen MR) is 70.4 cm³/mol. The monoisotopic (exact) mass is 249 g/mol. The minimum Gasteiger partial charge on any atom is -0.303 e. The minimum absolute atomic E-state index is 0.115. The zero-order valence-corrected chi connectivity index (χ0v) is 10.9. The van der Waals surface area contributed by atoms with Gasteiger partial charge in [-0.15, -0.1) is 0 Å². The molecular weight excluding hydrogens is 229 g/mol. The molecule has 1 aliphatic rings. The molecule has 0 spiro atoms. The maximum Gasteiger partial charge on any atom is 0.164 e. The number of hydrogen-bond acceptors (Lipinski definition) is 2. The Morgan fingerprint density at radius 1 is 1.28 bits per heavy atom. The van der Waals surface area contributed by atoms with Crippen LogP contribution in [0, 0.1) is 12.7 Å². The third-order valence-electron chi connectivity index (χ3n) is 3.58. The summed E-state index contributed by atoms with van der Waals surface area (Å²) in [6, 6.07) is 4.61. The third kappa shape index (κ3) is 3.39. The molecule has 0 radical (unpaired) electrons. The van der Waals surface area contributed by atoms with Crippen LogP contribution in [0.5, 0.6) is 0 Å². The number of rotatable bonds is 4. The number of nitrogens with zero attached hydrogens (tertiary/aromatic N) is 1. The molecule has 2 rings (SSSR count). The molecule has 0 aliphatic carbocycles. The van der Waals surface area contributed by atoms with Crippen molar-refractivity contribution in [2.75, 3.05) is 19.6 Å². The average molecular weight is 249 g/mol. The Morgan fingerprint density at radius 2 is 2.00 bits per heavy atom. The smallest absolute Gasteiger partial charge is 0.164 e. The number of Topliss-reactive ketones (excluding diaryl/α,β-unsaturated/α-hetero) is 1. The van der Waals surface area contributed by atoms with Gasteiger partial charge in [-0.25, -0.2) is 4.39 Å². The Labute approximate surface area is 108 Å². The standard InChI is InChI=1S/C15H20FNO/c1-12-11-13(5-6-14(12)16)15(18)7-10-17-8-3-2-4-9-17/h5-6,11H,2-4,7-10H2,1H3. The summed E-state index contributed by atoms with van der Waals surface area (Å²) in [6.45, 7) is 4.73. The lowest BCUT2D eigenvalue weighted by Gasteiger charge is -2.25. The number of carbonyl (C=O) groups is 1. The van der Waals surface area contributed by atoms with E-state index in [4.69, 9.17) is 0 Å². The molecule has 1 aromatic rings. The molecule has 1 heterocycles. The highest BCUT2D eigenvalue weighted by Crippen LogP contribution is 2.13. The van der Waals surface area contributed by atoms with Gasteiger partial charge < -0.3 is 4.90 Å². The Hall–Kier alpha value is -1.22. The quantitative estimate of drug-likeness (QED) is 0.764. The van der Waals surface area contributed by atoms with Crippen LogP contribution < -0.4 is 0 Å². The molecule has 0 amide bonds. The van der Waals surface area contributed by atoms with E-state index >= 15 is 0 Å². The van der Waals surface area contributed by atoms with Crippen LogP contribution in [-0.2, 0) is 0 Å². The first kappa shape index (κ1) is 13.2. The van der Waals surface area contributed by atoms with E-state index in [1.165, 1.54) is 25.3 Å². The summed E-state index contributed by atoms with van der Waals surface area (Å²) in [6.07, 6.45) is 4.32. The van der Waals surface area contributed by atoms with Crippen LogP contribution in [0.25, 0.3) is 0 Å². The second-order valence-electron chi connectivity index (χ2n) is 5.04. The summed E-state index contributed by atoms with van der Waals surface area (Å²) >= 11 is 0. The maximum atomic E-state index is 13.1. The van der Waals surface area contributed by atoms with Crippen molar-refractivity contribution in [1.82, 2.24) is 4.90 Å². The van der Waals surface area contributed by atoms with Crippen molar-refractivity contribution in [1.29, 1.82) is 0 Å². The van der Waals surface area contributed by atoms with Gasteiger partial charge in [0.1, 0.15) is 5.82 Å². The van der Waals surface area contributed by atoms with Crippen LogP contribution in [0.3, 0.4) is 0 Å². The molecule has 0 bridgehead atoms. The summed E-state index contributed by atoms with van der Waals surface area (Å²) in [7, 11) is 0. The predicted octanol–water partition coefficient (Wildman–Crippen LogP) is 3.19. The highest BCUT2D eigenvalue weighted by Gasteiger charge is 2.13. The number of aryl methyl sites for hydroxylation is 1. The molecule has 2 nitrogen and oxygen atoms in total. The van der Waals surface area contributed by atoms with Gasteiger partial charge in [0, 0.05) is 18.5 Å². The van der Waals surface area contributed by atoms with Crippen molar-refractivity contribution in [2.24, 2.45) is 0 Å². The van der Waals surface area contributed by atoms with Gasteiger partial charge >= 0.3 is 0 Å². The topological polar surface area (TPSA) is 20.3 Å². The van der Waals surface area contributed by atoms with Crippen molar-refractivity contribution in [2.45, 2.75) is 32.6 Å². The van der Waals surface area contributed by atoms with E-state index in [9.17, 15) is 9.18 Å². The summed E-state index contributed by atoms with van der Waals surface area (Å²) in [4.78, 5) is 14.3. The molecule has 0 aromatic heterocycles. The number of ketones is 1. The number of halogens is 1. The maximum absolute atomic E-state index is 13.1. The van der Waals surface area contributed by atoms with Crippen LogP contribution in [0.15, 0.2) is 18.2 Å². The van der Waals surface area contributed by atoms with Crippen LogP contribution in [0.1, 0.15) is 41.6 Å². The summed E-state index contributed by atoms with van der Waals surface area (Å²) < 4.78 is 13.1. The number of likely N-dealkylation sites (tertiary alicyclic amines) is 1. The summed E-state index contributed by atoms with van der Waals surface area (Å²) in [5.41, 5.74) is 1.17. The molecule has 0 saturated carbocycles. The van der Waals surface area contributed by atoms with Crippen molar-refractivity contribution in [3.8, 4) is 0 Å². The molecule has 0 unspecified atom stereocenters. The first-order valence-corrected chi connectivity index (χ1v) is 6.68. The van der Waals surface area contributed by atoms with Gasteiger partial charge in [-0.1, -0.05) is 6.42 Å². The molecular formula is C15H20FNO. The van der Waals surface area contributed by atoms with Crippen molar-refractivity contribution in [3.63, 3.8) is 0 Å². The Kier molecular flexibility index (Phi) is 4.48. The zero-order chi connectivity index (χ0) is 13.0. The highest BCUT2D eigenvalue weighted by molar-refractivity contribution is 5.96. The largest absolute Gasteiger partial charge is 0.303 e. The van der Waals surface area contributed by atoms with E-state index in [1.807, 2.05) is 0 Å². The zero-order valence-electron chi connectivity index (χ0n) is 10.9. The average Bonchev–Trinajstić information content (AvgIpc) is 2.40. The fourth-order valence-electron chi connectivity index (χ4n) is 2.41. The molecule has 3 heteroatoms. The van der Waals surface area contributed by atoms with E-state index in [1.54, 1.807) is 19.1 Å². The first-order chi connectivity index (χ1) is 8.66. The van der Waals surface area contributed by atoms with Crippen molar-refractivity contribution in [3.05, 3.63) is 35.1 Å². The number of piperidine rings is 1. The van der Waals surface area contributed by atoms with Crippen LogP contribution >= 0.6 is 0 Å². The van der Waals surface area contributed by atoms with E-state index in [0.29, 0.717) is 17.5 Å². The summed E-state index contributed by atoms with van der Waals surface area (Å²) in [5, 5.41) is 0. The van der Waals surface area contributed by atoms with E-state index in [-0.39, 0.29) is 11.6 Å². The fourth-order valence-corrected chi connectivity index (χ4v) is 2.41. The molecule has 0 N–H and O–H groups in total. The molecule has 1 fully saturated rings. The minimum atomic E-state index is -0.248. The van der Waals surface area contributed by atoms with Crippen molar-refractivity contribution >= 4 is 5.78 Å². The Balaban J connectivity index is 1.88. The lowest BCUT2D eigenvalue weighted by Crippen LogP contribution is -2.31. The second kappa shape index (κ2) is 6.10. The number of hydrogen-bond donors (Lipinski definition) is 0. The number of carbonyl (C=O) groups excluding carboxylic acids is 1. The normalized spacial score (nSPS) is 16.8. The SMILES string of the molecule is Cc1cc(C(=O)CCN2CCCCC2)ccc1F. The van der Waals surface area contributed by atoms with Gasteiger partial charge in [0.25, 0.3) is 0 Å². The fraction of sp³-hybridized carbons (Fsp3) is 0.533. The van der Waals surface area contributed by atoms with Crippen LogP contribution in [0.4, 0.5) is 4.39 Å². The van der Waals surface area contributed by atoms with E-state index in [0.717, 1.165) is 19.6 Å². The van der Waals surface area contributed by atoms with Gasteiger partial charge in [-0.2, -0.15) is 0 Å². The Bertz CT molecular complexity index is 425. The lowest BCUT2D eigenvalue weighted by atomic mass is 10.0. The van der Waals surface area contributed by atoms with Gasteiger partial charge in [0.2, 0.25) is 0 Å². The third-order valence-corrected chi connectivity index (χ3v) is 3.58. The second-order valence-corrected chi connectivity index (χ2v) is 5.04. The van der Waals surface area contributed by atoms with E-state index < -0.39 is 0 Å². The van der Waals surface area contributed by atoms with Crippen LogP contribution in [-0.4, -0.2) is 30.3 Å².